The van der Waals surface area contributed by atoms with E-state index in [0.717, 1.165) is 30.0 Å². The fourth-order valence-electron chi connectivity index (χ4n) is 1.50. The number of nitrogens with zero attached hydrogens (tertiary/aromatic N) is 1. The number of nitrogens with two attached hydrogens (primary N) is 1. The summed E-state index contributed by atoms with van der Waals surface area (Å²) in [5.41, 5.74) is 10.8. The van der Waals surface area contributed by atoms with Crippen LogP contribution in [0.3, 0.4) is 0 Å². The largest absolute Gasteiger partial charge is 0.398 e. The molecule has 3 nitrogen and oxygen atoms in total. The van der Waals surface area contributed by atoms with Crippen LogP contribution in [0.2, 0.25) is 0 Å². The second-order valence-electron chi connectivity index (χ2n) is 3.66. The van der Waals surface area contributed by atoms with E-state index in [1.165, 1.54) is 4.88 Å². The first-order valence-corrected chi connectivity index (χ1v) is 6.08. The van der Waals surface area contributed by atoms with Crippen LogP contribution in [0.15, 0.2) is 29.8 Å². The van der Waals surface area contributed by atoms with Crippen LogP contribution in [0, 0.1) is 6.92 Å². The van der Waals surface area contributed by atoms with Crippen LogP contribution >= 0.6 is 11.3 Å². The molecule has 1 aromatic heterocycles. The van der Waals surface area contributed by atoms with E-state index < -0.39 is 0 Å². The van der Waals surface area contributed by atoms with E-state index in [4.69, 9.17) is 5.73 Å². The number of hydrogen-bond acceptors (Lipinski definition) is 4. The molecule has 4 heteroatoms. The average molecular weight is 233 g/mol. The van der Waals surface area contributed by atoms with E-state index >= 15 is 0 Å². The minimum absolute atomic E-state index is 0.796. The van der Waals surface area contributed by atoms with Crippen LogP contribution < -0.4 is 11.1 Å². The Bertz CT molecular complexity index is 465. The van der Waals surface area contributed by atoms with Gasteiger partial charge in [0.25, 0.3) is 0 Å². The molecular weight excluding hydrogens is 218 g/mol. The molecule has 16 heavy (non-hydrogen) atoms. The summed E-state index contributed by atoms with van der Waals surface area (Å²) >= 11 is 1.68. The van der Waals surface area contributed by atoms with Gasteiger partial charge in [-0.2, -0.15) is 0 Å². The summed E-state index contributed by atoms with van der Waals surface area (Å²) in [6.07, 6.45) is 0. The Hall–Kier alpha value is -1.39. The van der Waals surface area contributed by atoms with Gasteiger partial charge in [-0.25, -0.2) is 4.98 Å². The first kappa shape index (κ1) is 11.1. The highest BCUT2D eigenvalue weighted by Gasteiger charge is 2.01. The molecule has 0 unspecified atom stereocenters. The summed E-state index contributed by atoms with van der Waals surface area (Å²) in [5.74, 6) is 0. The molecule has 0 amide bonds. The molecule has 3 N–H and O–H groups in total. The third-order valence-corrected chi connectivity index (χ3v) is 3.44. The van der Waals surface area contributed by atoms with Crippen LogP contribution in [0.1, 0.15) is 16.1 Å². The Labute approximate surface area is 99.3 Å². The lowest BCUT2D eigenvalue weighted by Gasteiger charge is -2.06. The molecule has 0 saturated heterocycles. The summed E-state index contributed by atoms with van der Waals surface area (Å²) in [6, 6.07) is 7.92. The topological polar surface area (TPSA) is 50.9 Å². The monoisotopic (exact) mass is 233 g/mol. The zero-order chi connectivity index (χ0) is 11.4. The molecule has 0 saturated carbocycles. The van der Waals surface area contributed by atoms with Crippen molar-refractivity contribution in [2.45, 2.75) is 20.0 Å². The van der Waals surface area contributed by atoms with Gasteiger partial charge in [0.1, 0.15) is 0 Å². The van der Waals surface area contributed by atoms with E-state index in [-0.39, 0.29) is 0 Å². The number of anilines is 1. The van der Waals surface area contributed by atoms with Crippen LogP contribution in [0.5, 0.6) is 0 Å². The zero-order valence-electron chi connectivity index (χ0n) is 9.23. The standard InChI is InChI=1S/C12H15N3S/c1-9-12(16-8-15-9)7-14-6-10-4-2-3-5-11(10)13/h2-5,8,14H,6-7,13H2,1H3. The van der Waals surface area contributed by atoms with Gasteiger partial charge in [-0.3, -0.25) is 0 Å². The maximum absolute atomic E-state index is 5.86. The molecule has 0 aliphatic heterocycles. The van der Waals surface area contributed by atoms with E-state index in [1.54, 1.807) is 11.3 Å². The summed E-state index contributed by atoms with van der Waals surface area (Å²) in [4.78, 5) is 5.50. The Balaban J connectivity index is 1.89. The molecule has 0 radical (unpaired) electrons. The van der Waals surface area contributed by atoms with Crippen LogP contribution in [-0.4, -0.2) is 4.98 Å². The van der Waals surface area contributed by atoms with Crippen molar-refractivity contribution >= 4 is 17.0 Å². The fraction of sp³-hybridized carbons (Fsp3) is 0.250. The number of aromatic nitrogens is 1. The Morgan fingerprint density at radius 1 is 1.31 bits per heavy atom. The van der Waals surface area contributed by atoms with Gasteiger partial charge in [-0.15, -0.1) is 11.3 Å². The van der Waals surface area contributed by atoms with Crippen molar-refractivity contribution in [3.05, 3.63) is 45.9 Å². The molecular formula is C12H15N3S. The SMILES string of the molecule is Cc1ncsc1CNCc1ccccc1N. The highest BCUT2D eigenvalue weighted by atomic mass is 32.1. The molecule has 0 aliphatic carbocycles. The minimum atomic E-state index is 0.796. The second-order valence-corrected chi connectivity index (χ2v) is 4.60. The number of nitrogen functional groups attached to an aromatic ring is 1. The Morgan fingerprint density at radius 3 is 2.81 bits per heavy atom. The molecule has 84 valence electrons. The maximum Gasteiger partial charge on any atom is 0.0798 e. The van der Waals surface area contributed by atoms with Gasteiger partial charge in [0.15, 0.2) is 0 Å². The molecule has 1 heterocycles. The van der Waals surface area contributed by atoms with Crippen LogP contribution in [0.4, 0.5) is 5.69 Å². The summed E-state index contributed by atoms with van der Waals surface area (Å²) < 4.78 is 0. The van der Waals surface area contributed by atoms with Gasteiger partial charge in [0, 0.05) is 23.7 Å². The zero-order valence-corrected chi connectivity index (χ0v) is 10.1. The summed E-state index contributed by atoms with van der Waals surface area (Å²) in [6.45, 7) is 3.68. The number of hydrogen-bond donors (Lipinski definition) is 2. The number of benzene rings is 1. The molecule has 0 spiro atoms. The Kier molecular flexibility index (Phi) is 3.54. The number of thiazole rings is 1. The third kappa shape index (κ3) is 2.59. The predicted molar refractivity (Wildman–Crippen MR) is 68.2 cm³/mol. The summed E-state index contributed by atoms with van der Waals surface area (Å²) in [7, 11) is 0. The Morgan fingerprint density at radius 2 is 2.12 bits per heavy atom. The van der Waals surface area contributed by atoms with Crippen molar-refractivity contribution in [2.24, 2.45) is 0 Å². The molecule has 2 aromatic rings. The molecule has 0 atom stereocenters. The van der Waals surface area contributed by atoms with Crippen LogP contribution in [-0.2, 0) is 13.1 Å². The van der Waals surface area contributed by atoms with Crippen LogP contribution in [0.25, 0.3) is 0 Å². The van der Waals surface area contributed by atoms with Crippen molar-refractivity contribution in [1.29, 1.82) is 0 Å². The number of rotatable bonds is 4. The number of aryl methyl sites for hydroxylation is 1. The molecule has 1 aromatic carbocycles. The predicted octanol–water partition coefficient (Wildman–Crippen LogP) is 2.32. The number of para-hydroxylation sites is 1. The molecule has 0 fully saturated rings. The van der Waals surface area contributed by atoms with E-state index in [2.05, 4.69) is 10.3 Å². The van der Waals surface area contributed by atoms with Crippen molar-refractivity contribution < 1.29 is 0 Å². The van der Waals surface area contributed by atoms with Gasteiger partial charge < -0.3 is 11.1 Å². The second kappa shape index (κ2) is 5.09. The van der Waals surface area contributed by atoms with Gasteiger partial charge in [0.2, 0.25) is 0 Å². The molecule has 0 aliphatic rings. The fourth-order valence-corrected chi connectivity index (χ4v) is 2.25. The highest BCUT2D eigenvalue weighted by molar-refractivity contribution is 7.09. The van der Waals surface area contributed by atoms with Crippen molar-refractivity contribution in [1.82, 2.24) is 10.3 Å². The van der Waals surface area contributed by atoms with Gasteiger partial charge in [-0.05, 0) is 18.6 Å². The first-order chi connectivity index (χ1) is 7.77. The van der Waals surface area contributed by atoms with Gasteiger partial charge >= 0.3 is 0 Å². The highest BCUT2D eigenvalue weighted by Crippen LogP contribution is 2.13. The lowest BCUT2D eigenvalue weighted by atomic mass is 10.2. The molecule has 0 bridgehead atoms. The van der Waals surface area contributed by atoms with Gasteiger partial charge in [-0.1, -0.05) is 18.2 Å². The smallest absolute Gasteiger partial charge is 0.0798 e. The lowest BCUT2D eigenvalue weighted by Crippen LogP contribution is -2.13. The normalized spacial score (nSPS) is 10.6. The van der Waals surface area contributed by atoms with Crippen molar-refractivity contribution in [3.8, 4) is 0 Å². The van der Waals surface area contributed by atoms with E-state index in [1.807, 2.05) is 36.7 Å². The lowest BCUT2D eigenvalue weighted by molar-refractivity contribution is 0.698. The van der Waals surface area contributed by atoms with Crippen molar-refractivity contribution in [2.75, 3.05) is 5.73 Å². The van der Waals surface area contributed by atoms with Gasteiger partial charge in [0.05, 0.1) is 11.2 Å². The maximum atomic E-state index is 5.86. The quantitative estimate of drug-likeness (QED) is 0.797. The van der Waals surface area contributed by atoms with Crippen molar-refractivity contribution in [3.63, 3.8) is 0 Å². The average Bonchev–Trinajstić information content (AvgIpc) is 2.67. The van der Waals surface area contributed by atoms with E-state index in [9.17, 15) is 0 Å². The third-order valence-electron chi connectivity index (χ3n) is 2.50. The summed E-state index contributed by atoms with van der Waals surface area (Å²) in [5, 5.41) is 3.38. The van der Waals surface area contributed by atoms with E-state index in [0.29, 0.717) is 0 Å². The molecule has 2 rings (SSSR count). The number of nitrogens with one attached hydrogen (secondary N) is 1. The minimum Gasteiger partial charge on any atom is -0.398 e. The first-order valence-electron chi connectivity index (χ1n) is 5.20.